The molecule has 3 rings (SSSR count). The Morgan fingerprint density at radius 2 is 2.21 bits per heavy atom. The van der Waals surface area contributed by atoms with Crippen molar-refractivity contribution in [1.82, 2.24) is 9.78 Å². The number of amides is 1. The van der Waals surface area contributed by atoms with Crippen LogP contribution in [0.1, 0.15) is 21.7 Å². The third-order valence-electron chi connectivity index (χ3n) is 3.53. The van der Waals surface area contributed by atoms with E-state index in [9.17, 15) is 4.79 Å². The number of hydrogen-bond donors (Lipinski definition) is 1. The Morgan fingerprint density at radius 3 is 2.89 bits per heavy atom. The maximum Gasteiger partial charge on any atom is 0.276 e. The molecule has 1 amide bonds. The van der Waals surface area contributed by atoms with Gasteiger partial charge in [-0.3, -0.25) is 9.48 Å². The molecule has 0 fully saturated rings. The minimum atomic E-state index is -0.0209. The van der Waals surface area contributed by atoms with Crippen LogP contribution in [0.3, 0.4) is 0 Å². The normalized spacial score (nSPS) is 13.7. The number of nitrogens with zero attached hydrogens (tertiary/aromatic N) is 3. The molecule has 98 valence electrons. The van der Waals surface area contributed by atoms with Crippen molar-refractivity contribution in [2.24, 2.45) is 7.05 Å². The second-order valence-electron chi connectivity index (χ2n) is 4.85. The Morgan fingerprint density at radius 1 is 1.42 bits per heavy atom. The van der Waals surface area contributed by atoms with Gasteiger partial charge in [-0.15, -0.1) is 0 Å². The molecule has 19 heavy (non-hydrogen) atoms. The van der Waals surface area contributed by atoms with E-state index in [1.807, 2.05) is 31.2 Å². The van der Waals surface area contributed by atoms with E-state index in [-0.39, 0.29) is 5.91 Å². The van der Waals surface area contributed by atoms with E-state index < -0.39 is 0 Å². The van der Waals surface area contributed by atoms with Crippen LogP contribution in [0.25, 0.3) is 0 Å². The van der Waals surface area contributed by atoms with Gasteiger partial charge in [0.15, 0.2) is 0 Å². The number of rotatable bonds is 1. The van der Waals surface area contributed by atoms with Crippen molar-refractivity contribution >= 4 is 17.3 Å². The van der Waals surface area contributed by atoms with Crippen LogP contribution in [-0.2, 0) is 13.5 Å². The van der Waals surface area contributed by atoms with Gasteiger partial charge in [0.25, 0.3) is 5.91 Å². The number of aromatic nitrogens is 2. The average Bonchev–Trinajstić information content (AvgIpc) is 2.93. The topological polar surface area (TPSA) is 64.2 Å². The number of carbonyl (C=O) groups excluding carboxylic acids is 1. The number of nitrogen functional groups attached to an aromatic ring is 1. The first kappa shape index (κ1) is 11.8. The van der Waals surface area contributed by atoms with E-state index >= 15 is 0 Å². The SMILES string of the molecule is Cc1cc(C(=O)N2CCc3c(N)cccc32)n(C)n1. The molecule has 0 spiro atoms. The first-order valence-electron chi connectivity index (χ1n) is 6.28. The first-order valence-corrected chi connectivity index (χ1v) is 6.28. The molecule has 2 aromatic rings. The van der Waals surface area contributed by atoms with Crippen molar-refractivity contribution in [3.05, 3.63) is 41.2 Å². The molecule has 1 aliphatic heterocycles. The van der Waals surface area contributed by atoms with Crippen LogP contribution in [0, 0.1) is 6.92 Å². The minimum Gasteiger partial charge on any atom is -0.398 e. The fourth-order valence-corrected chi connectivity index (χ4v) is 2.62. The molecule has 2 N–H and O–H groups in total. The lowest BCUT2D eigenvalue weighted by molar-refractivity contribution is 0.0980. The molecule has 5 nitrogen and oxygen atoms in total. The van der Waals surface area contributed by atoms with Crippen molar-refractivity contribution < 1.29 is 4.79 Å². The van der Waals surface area contributed by atoms with Gasteiger partial charge in [0, 0.05) is 30.5 Å². The smallest absolute Gasteiger partial charge is 0.276 e. The van der Waals surface area contributed by atoms with Gasteiger partial charge in [-0.2, -0.15) is 5.10 Å². The summed E-state index contributed by atoms with van der Waals surface area (Å²) < 4.78 is 1.63. The Kier molecular flexibility index (Phi) is 2.55. The molecule has 0 saturated heterocycles. The van der Waals surface area contributed by atoms with Gasteiger partial charge in [-0.1, -0.05) is 6.07 Å². The molecule has 0 atom stereocenters. The highest BCUT2D eigenvalue weighted by molar-refractivity contribution is 6.06. The number of benzene rings is 1. The van der Waals surface area contributed by atoms with Gasteiger partial charge in [-0.05, 0) is 31.5 Å². The van der Waals surface area contributed by atoms with Gasteiger partial charge in [0.2, 0.25) is 0 Å². The highest BCUT2D eigenvalue weighted by Gasteiger charge is 2.28. The third-order valence-corrected chi connectivity index (χ3v) is 3.53. The van der Waals surface area contributed by atoms with Crippen molar-refractivity contribution in [2.75, 3.05) is 17.2 Å². The molecule has 0 aliphatic carbocycles. The zero-order chi connectivity index (χ0) is 13.6. The lowest BCUT2D eigenvalue weighted by Crippen LogP contribution is -2.30. The highest BCUT2D eigenvalue weighted by Crippen LogP contribution is 2.33. The van der Waals surface area contributed by atoms with Crippen LogP contribution >= 0.6 is 0 Å². The van der Waals surface area contributed by atoms with E-state index in [1.54, 1.807) is 16.6 Å². The Labute approximate surface area is 111 Å². The third kappa shape index (κ3) is 1.78. The van der Waals surface area contributed by atoms with Gasteiger partial charge in [0.1, 0.15) is 5.69 Å². The molecule has 5 heteroatoms. The maximum atomic E-state index is 12.6. The zero-order valence-electron chi connectivity index (χ0n) is 11.1. The predicted molar refractivity (Wildman–Crippen MR) is 74.2 cm³/mol. The molecule has 2 heterocycles. The van der Waals surface area contributed by atoms with Gasteiger partial charge in [0.05, 0.1) is 5.69 Å². The quantitative estimate of drug-likeness (QED) is 0.787. The molecular weight excluding hydrogens is 240 g/mol. The number of nitrogens with two attached hydrogens (primary N) is 1. The number of fused-ring (bicyclic) bond motifs is 1. The van der Waals surface area contributed by atoms with Crippen LogP contribution in [0.5, 0.6) is 0 Å². The zero-order valence-corrected chi connectivity index (χ0v) is 11.1. The Bertz CT molecular complexity index is 659. The van der Waals surface area contributed by atoms with E-state index in [2.05, 4.69) is 5.10 Å². The summed E-state index contributed by atoms with van der Waals surface area (Å²) in [6.45, 7) is 2.55. The summed E-state index contributed by atoms with van der Waals surface area (Å²) in [6.07, 6.45) is 0.810. The number of anilines is 2. The van der Waals surface area contributed by atoms with Crippen molar-refractivity contribution in [1.29, 1.82) is 0 Å². The van der Waals surface area contributed by atoms with Crippen molar-refractivity contribution in [2.45, 2.75) is 13.3 Å². The summed E-state index contributed by atoms with van der Waals surface area (Å²) in [5.74, 6) is -0.0209. The summed E-state index contributed by atoms with van der Waals surface area (Å²) in [5.41, 5.74) is 10.1. The summed E-state index contributed by atoms with van der Waals surface area (Å²) in [7, 11) is 1.79. The van der Waals surface area contributed by atoms with Crippen LogP contribution < -0.4 is 10.6 Å². The number of aryl methyl sites for hydroxylation is 2. The average molecular weight is 256 g/mol. The second-order valence-corrected chi connectivity index (χ2v) is 4.85. The van der Waals surface area contributed by atoms with Gasteiger partial charge >= 0.3 is 0 Å². The standard InChI is InChI=1S/C14H16N4O/c1-9-8-13(17(2)16-9)14(19)18-7-6-10-11(15)4-3-5-12(10)18/h3-5,8H,6-7,15H2,1-2H3. The van der Waals surface area contributed by atoms with E-state index in [4.69, 9.17) is 5.73 Å². The molecule has 1 aromatic heterocycles. The molecule has 1 aliphatic rings. The minimum absolute atomic E-state index is 0.0209. The lowest BCUT2D eigenvalue weighted by Gasteiger charge is -2.17. The predicted octanol–water partition coefficient (Wildman–Crippen LogP) is 1.51. The van der Waals surface area contributed by atoms with Gasteiger partial charge < -0.3 is 10.6 Å². The molecule has 0 bridgehead atoms. The first-order chi connectivity index (χ1) is 9.08. The summed E-state index contributed by atoms with van der Waals surface area (Å²) in [6, 6.07) is 7.52. The molecular formula is C14H16N4O. The van der Waals surface area contributed by atoms with E-state index in [1.165, 1.54) is 0 Å². The molecule has 1 aromatic carbocycles. The largest absolute Gasteiger partial charge is 0.398 e. The number of carbonyl (C=O) groups is 1. The highest BCUT2D eigenvalue weighted by atomic mass is 16.2. The molecule has 0 unspecified atom stereocenters. The van der Waals surface area contributed by atoms with Crippen LogP contribution in [0.4, 0.5) is 11.4 Å². The Balaban J connectivity index is 2.00. The maximum absolute atomic E-state index is 12.6. The van der Waals surface area contributed by atoms with Crippen molar-refractivity contribution in [3.8, 4) is 0 Å². The fraction of sp³-hybridized carbons (Fsp3) is 0.286. The lowest BCUT2D eigenvalue weighted by atomic mass is 10.1. The van der Waals surface area contributed by atoms with E-state index in [0.717, 1.165) is 29.1 Å². The number of hydrogen-bond acceptors (Lipinski definition) is 3. The van der Waals surface area contributed by atoms with Crippen LogP contribution in [-0.4, -0.2) is 22.2 Å². The van der Waals surface area contributed by atoms with Gasteiger partial charge in [-0.25, -0.2) is 0 Å². The van der Waals surface area contributed by atoms with Crippen LogP contribution in [0.2, 0.25) is 0 Å². The fourth-order valence-electron chi connectivity index (χ4n) is 2.62. The Hall–Kier alpha value is -2.30. The van der Waals surface area contributed by atoms with Crippen molar-refractivity contribution in [3.63, 3.8) is 0 Å². The summed E-state index contributed by atoms with van der Waals surface area (Å²) in [5, 5.41) is 4.22. The summed E-state index contributed by atoms with van der Waals surface area (Å²) in [4.78, 5) is 14.4. The molecule has 0 saturated carbocycles. The molecule has 0 radical (unpaired) electrons. The summed E-state index contributed by atoms with van der Waals surface area (Å²) >= 11 is 0. The van der Waals surface area contributed by atoms with E-state index in [0.29, 0.717) is 12.2 Å². The second kappa shape index (κ2) is 4.12. The van der Waals surface area contributed by atoms with Crippen LogP contribution in [0.15, 0.2) is 24.3 Å². The monoisotopic (exact) mass is 256 g/mol.